The molecule has 3 rings (SSSR count). The zero-order valence-corrected chi connectivity index (χ0v) is 15.8. The van der Waals surface area contributed by atoms with E-state index in [4.69, 9.17) is 0 Å². The molecule has 2 N–H and O–H groups in total. The molecular weight excluding hydrogens is 374 g/mol. The van der Waals surface area contributed by atoms with E-state index < -0.39 is 17.6 Å². The molecule has 1 aromatic carbocycles. The zero-order chi connectivity index (χ0) is 20.3. The van der Waals surface area contributed by atoms with E-state index in [-0.39, 0.29) is 11.6 Å². The molecule has 2 heterocycles. The molecule has 0 radical (unpaired) electrons. The van der Waals surface area contributed by atoms with Crippen LogP contribution in [0.15, 0.2) is 24.3 Å². The maximum Gasteiger partial charge on any atom is 0.419 e. The molecule has 9 heteroatoms. The molecule has 2 aromatic rings. The van der Waals surface area contributed by atoms with Gasteiger partial charge < -0.3 is 15.5 Å². The van der Waals surface area contributed by atoms with Crippen molar-refractivity contribution in [3.63, 3.8) is 0 Å². The SMILES string of the molecule is CCCc1cc(N2CC[C@H](NC)C2)nc(Nc2ccc(F)c(C(F)(F)F)c2)n1. The van der Waals surface area contributed by atoms with E-state index in [1.807, 2.05) is 20.0 Å². The zero-order valence-electron chi connectivity index (χ0n) is 15.8. The van der Waals surface area contributed by atoms with Gasteiger partial charge in [0.05, 0.1) is 5.56 Å². The molecule has 5 nitrogen and oxygen atoms in total. The first-order valence-electron chi connectivity index (χ1n) is 9.24. The third kappa shape index (κ3) is 4.70. The van der Waals surface area contributed by atoms with E-state index >= 15 is 0 Å². The van der Waals surface area contributed by atoms with Crippen LogP contribution >= 0.6 is 0 Å². The van der Waals surface area contributed by atoms with E-state index in [2.05, 4.69) is 25.5 Å². The van der Waals surface area contributed by atoms with Crippen molar-refractivity contribution in [1.29, 1.82) is 0 Å². The molecule has 0 saturated carbocycles. The first-order valence-corrected chi connectivity index (χ1v) is 9.24. The molecule has 0 aliphatic carbocycles. The number of halogens is 4. The van der Waals surface area contributed by atoms with Gasteiger partial charge in [-0.25, -0.2) is 9.37 Å². The second-order valence-corrected chi connectivity index (χ2v) is 6.83. The van der Waals surface area contributed by atoms with Crippen LogP contribution < -0.4 is 15.5 Å². The molecule has 0 spiro atoms. The molecule has 28 heavy (non-hydrogen) atoms. The molecular formula is C19H23F4N5. The lowest BCUT2D eigenvalue weighted by atomic mass is 10.2. The summed E-state index contributed by atoms with van der Waals surface area (Å²) >= 11 is 0. The first-order chi connectivity index (χ1) is 13.3. The van der Waals surface area contributed by atoms with Crippen LogP contribution in [0.1, 0.15) is 31.0 Å². The van der Waals surface area contributed by atoms with Crippen LogP contribution in [0.4, 0.5) is 35.0 Å². The number of benzene rings is 1. The Labute approximate surface area is 161 Å². The van der Waals surface area contributed by atoms with Gasteiger partial charge in [-0.2, -0.15) is 18.2 Å². The molecule has 1 fully saturated rings. The minimum atomic E-state index is -4.77. The predicted molar refractivity (Wildman–Crippen MR) is 100 cm³/mol. The Balaban J connectivity index is 1.89. The second kappa shape index (κ2) is 8.30. The Morgan fingerprint density at radius 3 is 2.64 bits per heavy atom. The summed E-state index contributed by atoms with van der Waals surface area (Å²) in [6.07, 6.45) is -2.18. The van der Waals surface area contributed by atoms with Gasteiger partial charge in [-0.3, -0.25) is 0 Å². The summed E-state index contributed by atoms with van der Waals surface area (Å²) in [5.74, 6) is -0.375. The maximum atomic E-state index is 13.5. The molecule has 152 valence electrons. The van der Waals surface area contributed by atoms with E-state index in [9.17, 15) is 17.6 Å². The molecule has 0 unspecified atom stereocenters. The van der Waals surface area contributed by atoms with E-state index in [1.54, 1.807) is 0 Å². The van der Waals surface area contributed by atoms with Crippen LogP contribution in [0.2, 0.25) is 0 Å². The fourth-order valence-corrected chi connectivity index (χ4v) is 3.24. The van der Waals surface area contributed by atoms with Gasteiger partial charge >= 0.3 is 6.18 Å². The highest BCUT2D eigenvalue weighted by molar-refractivity contribution is 5.57. The highest BCUT2D eigenvalue weighted by Gasteiger charge is 2.34. The van der Waals surface area contributed by atoms with E-state index in [0.717, 1.165) is 56.0 Å². The third-order valence-electron chi connectivity index (χ3n) is 4.72. The molecule has 1 atom stereocenters. The molecule has 0 amide bonds. The minimum absolute atomic E-state index is 0.0860. The lowest BCUT2D eigenvalue weighted by Gasteiger charge is -2.19. The van der Waals surface area contributed by atoms with Crippen LogP contribution in [0.3, 0.4) is 0 Å². The van der Waals surface area contributed by atoms with Crippen molar-refractivity contribution in [3.8, 4) is 0 Å². The standard InChI is InChI=1S/C19H23F4N5/c1-3-4-12-10-17(28-8-7-14(11-28)24-2)27-18(25-12)26-13-5-6-16(20)15(9-13)19(21,22)23/h5-6,9-10,14,24H,3-4,7-8,11H2,1-2H3,(H,25,26,27)/t14-/m0/s1. The fraction of sp³-hybridized carbons (Fsp3) is 0.474. The number of alkyl halides is 3. The van der Waals surface area contributed by atoms with Crippen LogP contribution in [-0.2, 0) is 12.6 Å². The number of hydrogen-bond donors (Lipinski definition) is 2. The lowest BCUT2D eigenvalue weighted by molar-refractivity contribution is -0.139. The number of nitrogens with zero attached hydrogens (tertiary/aromatic N) is 3. The average molecular weight is 397 g/mol. The number of anilines is 3. The quantitative estimate of drug-likeness (QED) is 0.718. The summed E-state index contributed by atoms with van der Waals surface area (Å²) in [5.41, 5.74) is -0.428. The summed E-state index contributed by atoms with van der Waals surface area (Å²) in [4.78, 5) is 11.0. The summed E-state index contributed by atoms with van der Waals surface area (Å²) < 4.78 is 52.4. The third-order valence-corrected chi connectivity index (χ3v) is 4.72. The van der Waals surface area contributed by atoms with Crippen LogP contribution in [0, 0.1) is 5.82 Å². The molecule has 1 saturated heterocycles. The second-order valence-electron chi connectivity index (χ2n) is 6.83. The van der Waals surface area contributed by atoms with Gasteiger partial charge in [-0.05, 0) is 38.1 Å². The van der Waals surface area contributed by atoms with Crippen molar-refractivity contribution < 1.29 is 17.6 Å². The summed E-state index contributed by atoms with van der Waals surface area (Å²) in [6, 6.07) is 5.05. The van der Waals surface area contributed by atoms with Crippen molar-refractivity contribution >= 4 is 17.5 Å². The minimum Gasteiger partial charge on any atom is -0.355 e. The number of aryl methyl sites for hydroxylation is 1. The summed E-state index contributed by atoms with van der Waals surface area (Å²) in [6.45, 7) is 3.66. The lowest BCUT2D eigenvalue weighted by Crippen LogP contribution is -2.30. The van der Waals surface area contributed by atoms with Gasteiger partial charge in [-0.15, -0.1) is 0 Å². The highest BCUT2D eigenvalue weighted by Crippen LogP contribution is 2.33. The number of nitrogens with one attached hydrogen (secondary N) is 2. The smallest absolute Gasteiger partial charge is 0.355 e. The Morgan fingerprint density at radius 2 is 2.00 bits per heavy atom. The van der Waals surface area contributed by atoms with Crippen molar-refractivity contribution in [2.75, 3.05) is 30.4 Å². The monoisotopic (exact) mass is 397 g/mol. The Hall–Kier alpha value is -2.42. The molecule has 1 aliphatic heterocycles. The van der Waals surface area contributed by atoms with Crippen LogP contribution in [0.25, 0.3) is 0 Å². The maximum absolute atomic E-state index is 13.5. The number of hydrogen-bond acceptors (Lipinski definition) is 5. The summed E-state index contributed by atoms with van der Waals surface area (Å²) in [5, 5.41) is 6.04. The van der Waals surface area contributed by atoms with Crippen molar-refractivity contribution in [2.45, 2.75) is 38.4 Å². The van der Waals surface area contributed by atoms with Gasteiger partial charge in [0, 0.05) is 36.6 Å². The van der Waals surface area contributed by atoms with Crippen LogP contribution in [0.5, 0.6) is 0 Å². The summed E-state index contributed by atoms with van der Waals surface area (Å²) in [7, 11) is 1.91. The van der Waals surface area contributed by atoms with Crippen LogP contribution in [-0.4, -0.2) is 36.1 Å². The number of aromatic nitrogens is 2. The van der Waals surface area contributed by atoms with Crippen molar-refractivity contribution in [1.82, 2.24) is 15.3 Å². The number of rotatable bonds is 6. The largest absolute Gasteiger partial charge is 0.419 e. The Bertz CT molecular complexity index is 824. The normalized spacial score (nSPS) is 17.2. The highest BCUT2D eigenvalue weighted by atomic mass is 19.4. The fourth-order valence-electron chi connectivity index (χ4n) is 3.24. The van der Waals surface area contributed by atoms with Gasteiger partial charge in [0.2, 0.25) is 5.95 Å². The van der Waals surface area contributed by atoms with Gasteiger partial charge in [0.1, 0.15) is 11.6 Å². The Kier molecular flexibility index (Phi) is 6.02. The molecule has 1 aromatic heterocycles. The van der Waals surface area contributed by atoms with Gasteiger partial charge in [0.15, 0.2) is 0 Å². The van der Waals surface area contributed by atoms with Gasteiger partial charge in [-0.1, -0.05) is 13.3 Å². The molecule has 0 bridgehead atoms. The number of likely N-dealkylation sites (N-methyl/N-ethyl adjacent to an activating group) is 1. The van der Waals surface area contributed by atoms with Crippen molar-refractivity contribution in [2.24, 2.45) is 0 Å². The topological polar surface area (TPSA) is 53.1 Å². The van der Waals surface area contributed by atoms with E-state index in [0.29, 0.717) is 6.04 Å². The van der Waals surface area contributed by atoms with E-state index in [1.165, 1.54) is 6.07 Å². The van der Waals surface area contributed by atoms with Gasteiger partial charge in [0.25, 0.3) is 0 Å². The van der Waals surface area contributed by atoms with Crippen molar-refractivity contribution in [3.05, 3.63) is 41.3 Å². The molecule has 1 aliphatic rings. The predicted octanol–water partition coefficient (Wildman–Crippen LogP) is 4.13. The Morgan fingerprint density at radius 1 is 1.21 bits per heavy atom. The average Bonchev–Trinajstić information content (AvgIpc) is 3.12. The first kappa shape index (κ1) is 20.3.